The molecule has 0 saturated heterocycles. The van der Waals surface area contributed by atoms with Gasteiger partial charge in [-0.05, 0) is 27.4 Å². The molecule has 6 nitrogen and oxygen atoms in total. The number of sulfonamides is 1. The predicted molar refractivity (Wildman–Crippen MR) is 65.2 cm³/mol. The van der Waals surface area contributed by atoms with Gasteiger partial charge >= 0.3 is 0 Å². The van der Waals surface area contributed by atoms with E-state index in [1.165, 1.54) is 6.39 Å². The Labute approximate surface area is 110 Å². The van der Waals surface area contributed by atoms with E-state index < -0.39 is 10.0 Å². The summed E-state index contributed by atoms with van der Waals surface area (Å²) in [5, 5.41) is 5.29. The van der Waals surface area contributed by atoms with Crippen molar-refractivity contribution < 1.29 is 12.9 Å². The van der Waals surface area contributed by atoms with Gasteiger partial charge < -0.3 is 4.52 Å². The van der Waals surface area contributed by atoms with E-state index in [4.69, 9.17) is 0 Å². The monoisotopic (exact) mass is 337 g/mol. The van der Waals surface area contributed by atoms with Gasteiger partial charge in [-0.1, -0.05) is 5.16 Å². The number of rotatable bonds is 5. The first-order valence-electron chi connectivity index (χ1n) is 4.57. The summed E-state index contributed by atoms with van der Waals surface area (Å²) in [5.74, 6) is 0.470. The van der Waals surface area contributed by atoms with Crippen LogP contribution in [0.4, 0.5) is 0 Å². The quantitative estimate of drug-likeness (QED) is 0.891. The molecule has 2 aromatic rings. The van der Waals surface area contributed by atoms with Crippen LogP contribution < -0.4 is 4.72 Å². The Morgan fingerprint density at radius 1 is 1.53 bits per heavy atom. The molecule has 0 aromatic carbocycles. The molecule has 0 saturated carbocycles. The van der Waals surface area contributed by atoms with Crippen molar-refractivity contribution in [3.63, 3.8) is 0 Å². The Morgan fingerprint density at radius 2 is 2.35 bits per heavy atom. The van der Waals surface area contributed by atoms with E-state index in [1.807, 2.05) is 0 Å². The third kappa shape index (κ3) is 3.12. The highest BCUT2D eigenvalue weighted by Gasteiger charge is 2.18. The number of aromatic nitrogens is 2. The Balaban J connectivity index is 1.97. The molecule has 9 heteroatoms. The summed E-state index contributed by atoms with van der Waals surface area (Å²) in [6.07, 6.45) is 1.60. The number of nitrogens with zero attached hydrogens (tertiary/aromatic N) is 2. The molecule has 0 unspecified atom stereocenters. The van der Waals surface area contributed by atoms with Gasteiger partial charge in [-0.25, -0.2) is 13.1 Å². The van der Waals surface area contributed by atoms with E-state index >= 15 is 0 Å². The fraction of sp³-hybridized carbons (Fsp3) is 0.250. The Morgan fingerprint density at radius 3 is 2.94 bits per heavy atom. The first kappa shape index (κ1) is 12.7. The highest BCUT2D eigenvalue weighted by molar-refractivity contribution is 9.10. The average Bonchev–Trinajstić information content (AvgIpc) is 2.88. The minimum atomic E-state index is -3.47. The summed E-state index contributed by atoms with van der Waals surface area (Å²) < 4.78 is 31.5. The molecular formula is C8H8BrN3O3S2. The summed E-state index contributed by atoms with van der Waals surface area (Å²) in [5.41, 5.74) is 0. The second-order valence-electron chi connectivity index (χ2n) is 3.05. The van der Waals surface area contributed by atoms with Crippen molar-refractivity contribution in [3.05, 3.63) is 28.1 Å². The normalized spacial score (nSPS) is 11.8. The summed E-state index contributed by atoms with van der Waals surface area (Å²) in [4.78, 5) is 3.80. The minimum Gasteiger partial charge on any atom is -0.343 e. The molecule has 0 bridgehead atoms. The smallest absolute Gasteiger partial charge is 0.251 e. The average molecular weight is 338 g/mol. The van der Waals surface area contributed by atoms with Crippen LogP contribution in [0, 0.1) is 0 Å². The molecule has 0 atom stereocenters. The van der Waals surface area contributed by atoms with Crippen molar-refractivity contribution in [1.82, 2.24) is 14.9 Å². The Kier molecular flexibility index (Phi) is 3.92. The lowest BCUT2D eigenvalue weighted by molar-refractivity contribution is 0.410. The number of hydrogen-bond acceptors (Lipinski definition) is 6. The highest BCUT2D eigenvalue weighted by Crippen LogP contribution is 2.27. The fourth-order valence-electron chi connectivity index (χ4n) is 1.14. The third-order valence-electron chi connectivity index (χ3n) is 1.88. The zero-order valence-corrected chi connectivity index (χ0v) is 11.7. The zero-order valence-electron chi connectivity index (χ0n) is 8.46. The first-order valence-corrected chi connectivity index (χ1v) is 7.73. The van der Waals surface area contributed by atoms with Gasteiger partial charge in [0.15, 0.2) is 5.82 Å². The topological polar surface area (TPSA) is 85.1 Å². The largest absolute Gasteiger partial charge is 0.343 e. The van der Waals surface area contributed by atoms with Crippen LogP contribution in [-0.2, 0) is 16.4 Å². The standard InChI is InChI=1S/C8H8BrN3O3S2/c9-6-2-4-16-8(6)17(13,14)11-3-1-7-10-5-15-12-7/h2,4-5,11H,1,3H2. The molecule has 0 radical (unpaired) electrons. The van der Waals surface area contributed by atoms with Crippen LogP contribution in [0.15, 0.2) is 31.0 Å². The molecule has 2 heterocycles. The van der Waals surface area contributed by atoms with Crippen LogP contribution in [0.2, 0.25) is 0 Å². The van der Waals surface area contributed by atoms with Gasteiger partial charge in [-0.2, -0.15) is 4.98 Å². The van der Waals surface area contributed by atoms with Gasteiger partial charge in [0, 0.05) is 17.4 Å². The summed E-state index contributed by atoms with van der Waals surface area (Å²) in [7, 11) is -3.47. The van der Waals surface area contributed by atoms with Crippen molar-refractivity contribution >= 4 is 37.3 Å². The molecule has 0 aliphatic rings. The number of nitrogens with one attached hydrogen (secondary N) is 1. The van der Waals surface area contributed by atoms with Crippen LogP contribution in [0.25, 0.3) is 0 Å². The second-order valence-corrected chi connectivity index (χ2v) is 6.78. The molecule has 2 rings (SSSR count). The van der Waals surface area contributed by atoms with E-state index in [2.05, 4.69) is 35.3 Å². The van der Waals surface area contributed by atoms with Crippen LogP contribution >= 0.6 is 27.3 Å². The Bertz CT molecular complexity index is 579. The van der Waals surface area contributed by atoms with Crippen LogP contribution in [0.5, 0.6) is 0 Å². The van der Waals surface area contributed by atoms with E-state index in [0.717, 1.165) is 11.3 Å². The van der Waals surface area contributed by atoms with E-state index in [0.29, 0.717) is 16.7 Å². The van der Waals surface area contributed by atoms with Gasteiger partial charge in [-0.15, -0.1) is 11.3 Å². The molecule has 1 N–H and O–H groups in total. The van der Waals surface area contributed by atoms with Crippen molar-refractivity contribution in [2.75, 3.05) is 6.54 Å². The van der Waals surface area contributed by atoms with Crippen molar-refractivity contribution in [1.29, 1.82) is 0 Å². The van der Waals surface area contributed by atoms with Gasteiger partial charge in [0.2, 0.25) is 6.39 Å². The van der Waals surface area contributed by atoms with E-state index in [-0.39, 0.29) is 10.8 Å². The number of thiophene rings is 1. The molecule has 0 aliphatic heterocycles. The maximum absolute atomic E-state index is 11.8. The summed E-state index contributed by atoms with van der Waals surface area (Å²) in [6.45, 7) is 0.228. The molecule has 17 heavy (non-hydrogen) atoms. The molecule has 0 aliphatic carbocycles. The van der Waals surface area contributed by atoms with Crippen LogP contribution in [0.1, 0.15) is 5.82 Å². The molecular weight excluding hydrogens is 330 g/mol. The third-order valence-corrected chi connectivity index (χ3v) is 6.01. The molecule has 0 fully saturated rings. The summed E-state index contributed by atoms with van der Waals surface area (Å²) in [6, 6.07) is 1.69. The summed E-state index contributed by atoms with van der Waals surface area (Å²) >= 11 is 4.34. The fourth-order valence-corrected chi connectivity index (χ4v) is 4.55. The van der Waals surface area contributed by atoms with Crippen molar-refractivity contribution in [3.8, 4) is 0 Å². The predicted octanol–water partition coefficient (Wildman–Crippen LogP) is 1.41. The van der Waals surface area contributed by atoms with Gasteiger partial charge in [0.05, 0.1) is 0 Å². The maximum atomic E-state index is 11.8. The molecule has 2 aromatic heterocycles. The number of halogens is 1. The minimum absolute atomic E-state index is 0.228. The second kappa shape index (κ2) is 5.25. The lowest BCUT2D eigenvalue weighted by Gasteiger charge is -2.03. The molecule has 0 spiro atoms. The zero-order chi connectivity index (χ0) is 12.3. The van der Waals surface area contributed by atoms with Crippen molar-refractivity contribution in [2.45, 2.75) is 10.6 Å². The van der Waals surface area contributed by atoms with E-state index in [1.54, 1.807) is 11.4 Å². The van der Waals surface area contributed by atoms with Crippen LogP contribution in [0.3, 0.4) is 0 Å². The van der Waals surface area contributed by atoms with Gasteiger partial charge in [-0.3, -0.25) is 0 Å². The van der Waals surface area contributed by atoms with E-state index in [9.17, 15) is 8.42 Å². The molecule has 92 valence electrons. The van der Waals surface area contributed by atoms with Gasteiger partial charge in [0.25, 0.3) is 10.0 Å². The highest BCUT2D eigenvalue weighted by atomic mass is 79.9. The van der Waals surface area contributed by atoms with Gasteiger partial charge in [0.1, 0.15) is 4.21 Å². The maximum Gasteiger partial charge on any atom is 0.251 e. The number of hydrogen-bond donors (Lipinski definition) is 1. The SMILES string of the molecule is O=S(=O)(NCCc1ncon1)c1sccc1Br. The molecule has 0 amide bonds. The van der Waals surface area contributed by atoms with Crippen molar-refractivity contribution in [2.24, 2.45) is 0 Å². The lowest BCUT2D eigenvalue weighted by Crippen LogP contribution is -2.25. The van der Waals surface area contributed by atoms with Crippen LogP contribution in [-0.4, -0.2) is 25.1 Å². The first-order chi connectivity index (χ1) is 8.09. The lowest BCUT2D eigenvalue weighted by atomic mass is 10.4. The Hall–Kier alpha value is -0.770.